The van der Waals surface area contributed by atoms with Gasteiger partial charge in [-0.05, 0) is 44.0 Å². The molecule has 0 saturated carbocycles. The Hall–Kier alpha value is -1.55. The smallest absolute Gasteiger partial charge is 0.305 e. The molecule has 0 spiro atoms. The number of nitrogens with one attached hydrogen (secondary N) is 1. The lowest BCUT2D eigenvalue weighted by Crippen LogP contribution is -2.32. The second-order valence-corrected chi connectivity index (χ2v) is 5.07. The number of hydrogen-bond donors (Lipinski definition) is 1. The number of nitrogens with zero attached hydrogens (tertiary/aromatic N) is 2. The number of hydrogen-bond acceptors (Lipinski definition) is 2. The topological polar surface area (TPSA) is 41.0 Å². The minimum absolute atomic E-state index is 0.0148. The first-order valence-electron chi connectivity index (χ1n) is 6.65. The van der Waals surface area contributed by atoms with Gasteiger partial charge in [-0.25, -0.2) is 4.79 Å². The summed E-state index contributed by atoms with van der Waals surface area (Å²) in [4.78, 5) is 17.5. The summed E-state index contributed by atoms with van der Waals surface area (Å²) in [5, 5.41) is 0. The highest BCUT2D eigenvalue weighted by molar-refractivity contribution is 5.76. The Bertz CT molecular complexity index is 625. The zero-order chi connectivity index (χ0) is 12.7. The van der Waals surface area contributed by atoms with E-state index in [9.17, 15) is 4.79 Å². The number of aromatic nitrogens is 2. The summed E-state index contributed by atoms with van der Waals surface area (Å²) in [6.07, 6.45) is 2.45. The molecule has 2 aromatic rings. The molecule has 1 saturated heterocycles. The molecular formula is C14H19N3O. The maximum Gasteiger partial charge on any atom is 0.327 e. The second-order valence-electron chi connectivity index (χ2n) is 5.07. The van der Waals surface area contributed by atoms with Crippen LogP contribution < -0.4 is 5.69 Å². The summed E-state index contributed by atoms with van der Waals surface area (Å²) in [7, 11) is 0. The van der Waals surface area contributed by atoms with Crippen LogP contribution in [0.2, 0.25) is 0 Å². The van der Waals surface area contributed by atoms with Crippen LogP contribution >= 0.6 is 0 Å². The number of likely N-dealkylation sites (tertiary alicyclic amines) is 1. The molecule has 1 aromatic carbocycles. The Kier molecular flexibility index (Phi) is 2.74. The molecule has 1 fully saturated rings. The van der Waals surface area contributed by atoms with Crippen LogP contribution in [-0.2, 0) is 0 Å². The van der Waals surface area contributed by atoms with Gasteiger partial charge in [0.15, 0.2) is 0 Å². The predicted molar refractivity (Wildman–Crippen MR) is 72.8 cm³/mol. The van der Waals surface area contributed by atoms with Gasteiger partial charge >= 0.3 is 5.69 Å². The summed E-state index contributed by atoms with van der Waals surface area (Å²) in [6, 6.07) is 6.13. The highest BCUT2D eigenvalue weighted by atomic mass is 16.1. The fourth-order valence-corrected chi connectivity index (χ4v) is 3.00. The molecule has 3 rings (SSSR count). The molecule has 1 aliphatic heterocycles. The van der Waals surface area contributed by atoms with Crippen molar-refractivity contribution >= 4 is 11.0 Å². The lowest BCUT2D eigenvalue weighted by molar-refractivity contribution is 0.204. The third-order valence-corrected chi connectivity index (χ3v) is 3.91. The highest BCUT2D eigenvalue weighted by Crippen LogP contribution is 2.28. The van der Waals surface area contributed by atoms with Crippen molar-refractivity contribution in [3.8, 4) is 0 Å². The molecule has 1 atom stereocenters. The Morgan fingerprint density at radius 1 is 1.44 bits per heavy atom. The third-order valence-electron chi connectivity index (χ3n) is 3.91. The van der Waals surface area contributed by atoms with E-state index in [0.717, 1.165) is 30.5 Å². The van der Waals surface area contributed by atoms with Crippen molar-refractivity contribution in [2.45, 2.75) is 32.9 Å². The molecule has 18 heavy (non-hydrogen) atoms. The molecular weight excluding hydrogens is 226 g/mol. The van der Waals surface area contributed by atoms with E-state index >= 15 is 0 Å². The van der Waals surface area contributed by atoms with Crippen LogP contribution in [-0.4, -0.2) is 27.5 Å². The van der Waals surface area contributed by atoms with Gasteiger partial charge in [0.05, 0.1) is 17.2 Å². The molecule has 2 heterocycles. The average Bonchev–Trinajstić information content (AvgIpc) is 2.91. The summed E-state index contributed by atoms with van der Waals surface area (Å²) in [5.41, 5.74) is 3.18. The van der Waals surface area contributed by atoms with Crippen LogP contribution in [0, 0.1) is 6.92 Å². The van der Waals surface area contributed by atoms with Crippen molar-refractivity contribution in [1.29, 1.82) is 0 Å². The van der Waals surface area contributed by atoms with Crippen LogP contribution in [0.3, 0.4) is 0 Å². The molecule has 1 N–H and O–H groups in total. The zero-order valence-electron chi connectivity index (χ0n) is 10.9. The summed E-state index contributed by atoms with van der Waals surface area (Å²) in [5.74, 6) is 0. The van der Waals surface area contributed by atoms with Gasteiger partial charge in [-0.1, -0.05) is 13.0 Å². The van der Waals surface area contributed by atoms with Crippen molar-refractivity contribution < 1.29 is 0 Å². The van der Waals surface area contributed by atoms with Crippen molar-refractivity contribution in [3.05, 3.63) is 34.2 Å². The number of benzene rings is 1. The fourth-order valence-electron chi connectivity index (χ4n) is 3.00. The minimum Gasteiger partial charge on any atom is -0.305 e. The molecule has 1 unspecified atom stereocenters. The normalized spacial score (nSPS) is 20.9. The van der Waals surface area contributed by atoms with Gasteiger partial charge in [0, 0.05) is 6.54 Å². The zero-order valence-corrected chi connectivity index (χ0v) is 10.9. The largest absolute Gasteiger partial charge is 0.327 e. The van der Waals surface area contributed by atoms with Gasteiger partial charge in [-0.2, -0.15) is 0 Å². The van der Waals surface area contributed by atoms with E-state index < -0.39 is 0 Å². The van der Waals surface area contributed by atoms with Gasteiger partial charge in [-0.3, -0.25) is 9.47 Å². The summed E-state index contributed by atoms with van der Waals surface area (Å²) >= 11 is 0. The standard InChI is InChI=1S/C14H19N3O/c1-3-16-8-4-5-13(16)17-12-9-10(2)6-7-11(12)15-14(17)18/h6-7,9,13H,3-5,8H2,1-2H3,(H,15,18). The fraction of sp³-hybridized carbons (Fsp3) is 0.500. The monoisotopic (exact) mass is 245 g/mol. The Morgan fingerprint density at radius 3 is 3.06 bits per heavy atom. The number of aryl methyl sites for hydroxylation is 1. The molecule has 0 radical (unpaired) electrons. The second kappa shape index (κ2) is 4.28. The molecule has 0 bridgehead atoms. The van der Waals surface area contributed by atoms with E-state index in [1.165, 1.54) is 12.0 Å². The third kappa shape index (κ3) is 1.68. The maximum atomic E-state index is 12.2. The lowest BCUT2D eigenvalue weighted by Gasteiger charge is -2.23. The lowest BCUT2D eigenvalue weighted by atomic mass is 10.2. The number of imidazole rings is 1. The molecule has 4 nitrogen and oxygen atoms in total. The van der Waals surface area contributed by atoms with E-state index in [1.54, 1.807) is 0 Å². The van der Waals surface area contributed by atoms with Crippen molar-refractivity contribution in [2.24, 2.45) is 0 Å². The van der Waals surface area contributed by atoms with Crippen molar-refractivity contribution in [1.82, 2.24) is 14.5 Å². The van der Waals surface area contributed by atoms with Crippen LogP contribution in [0.25, 0.3) is 11.0 Å². The summed E-state index contributed by atoms with van der Waals surface area (Å²) < 4.78 is 1.93. The van der Waals surface area contributed by atoms with Gasteiger partial charge in [0.1, 0.15) is 0 Å². The minimum atomic E-state index is 0.0148. The van der Waals surface area contributed by atoms with E-state index in [2.05, 4.69) is 29.8 Å². The Balaban J connectivity index is 2.18. The van der Waals surface area contributed by atoms with Crippen molar-refractivity contribution in [2.75, 3.05) is 13.1 Å². The number of H-pyrrole nitrogens is 1. The van der Waals surface area contributed by atoms with E-state index in [0.29, 0.717) is 0 Å². The Labute approximate surface area is 106 Å². The highest BCUT2D eigenvalue weighted by Gasteiger charge is 2.27. The van der Waals surface area contributed by atoms with Gasteiger partial charge in [0.2, 0.25) is 0 Å². The first-order valence-corrected chi connectivity index (χ1v) is 6.65. The van der Waals surface area contributed by atoms with E-state index in [1.807, 2.05) is 16.7 Å². The van der Waals surface area contributed by atoms with Crippen molar-refractivity contribution in [3.63, 3.8) is 0 Å². The molecule has 0 amide bonds. The molecule has 1 aliphatic rings. The van der Waals surface area contributed by atoms with E-state index in [4.69, 9.17) is 0 Å². The number of aromatic amines is 1. The van der Waals surface area contributed by atoms with Crippen LogP contribution in [0.1, 0.15) is 31.5 Å². The first-order chi connectivity index (χ1) is 8.70. The molecule has 96 valence electrons. The predicted octanol–water partition coefficient (Wildman–Crippen LogP) is 2.25. The summed E-state index contributed by atoms with van der Waals surface area (Å²) in [6.45, 7) is 6.30. The van der Waals surface area contributed by atoms with Crippen LogP contribution in [0.5, 0.6) is 0 Å². The van der Waals surface area contributed by atoms with Gasteiger partial charge in [0.25, 0.3) is 0 Å². The van der Waals surface area contributed by atoms with Gasteiger partial charge < -0.3 is 4.98 Å². The SMILES string of the molecule is CCN1CCCC1n1c(=O)[nH]c2ccc(C)cc21. The molecule has 1 aromatic heterocycles. The van der Waals surface area contributed by atoms with Gasteiger partial charge in [-0.15, -0.1) is 0 Å². The van der Waals surface area contributed by atoms with E-state index in [-0.39, 0.29) is 11.9 Å². The average molecular weight is 245 g/mol. The molecule has 0 aliphatic carbocycles. The maximum absolute atomic E-state index is 12.2. The first kappa shape index (κ1) is 11.5. The van der Waals surface area contributed by atoms with Crippen LogP contribution in [0.15, 0.2) is 23.0 Å². The number of fused-ring (bicyclic) bond motifs is 1. The molecule has 4 heteroatoms. The number of rotatable bonds is 2. The van der Waals surface area contributed by atoms with Crippen LogP contribution in [0.4, 0.5) is 0 Å². The Morgan fingerprint density at radius 2 is 2.28 bits per heavy atom. The quantitative estimate of drug-likeness (QED) is 0.881.